The molecule has 0 unspecified atom stereocenters. The van der Waals surface area contributed by atoms with Gasteiger partial charge in [-0.1, -0.05) is 15.9 Å². The zero-order chi connectivity index (χ0) is 13.0. The monoisotopic (exact) mass is 326 g/mol. The average molecular weight is 327 g/mol. The van der Waals surface area contributed by atoms with Gasteiger partial charge in [-0.2, -0.15) is 0 Å². The fourth-order valence-electron chi connectivity index (χ4n) is 1.80. The summed E-state index contributed by atoms with van der Waals surface area (Å²) in [6.45, 7) is 3.23. The molecule has 1 heterocycles. The zero-order valence-electron chi connectivity index (χ0n) is 10.1. The Balaban J connectivity index is 2.19. The highest BCUT2D eigenvalue weighted by molar-refractivity contribution is 9.10. The smallest absolute Gasteiger partial charge is 0.126 e. The number of nitrogens with zero attached hydrogens (tertiary/aromatic N) is 1. The maximum atomic E-state index is 5.91. The van der Waals surface area contributed by atoms with Crippen LogP contribution in [0, 0.1) is 6.92 Å². The molecule has 1 aromatic carbocycles. The number of halogens is 1. The van der Waals surface area contributed by atoms with Gasteiger partial charge in [0.2, 0.25) is 0 Å². The molecule has 1 aromatic heterocycles. The van der Waals surface area contributed by atoms with Gasteiger partial charge in [0.1, 0.15) is 12.4 Å². The van der Waals surface area contributed by atoms with Crippen molar-refractivity contribution in [1.82, 2.24) is 4.98 Å². The minimum atomic E-state index is 0.560. The molecule has 3 nitrogen and oxygen atoms in total. The van der Waals surface area contributed by atoms with Gasteiger partial charge in [0.15, 0.2) is 0 Å². The molecule has 0 fully saturated rings. The van der Waals surface area contributed by atoms with E-state index in [-0.39, 0.29) is 0 Å². The van der Waals surface area contributed by atoms with Crippen LogP contribution in [0.1, 0.15) is 16.0 Å². The minimum Gasteiger partial charge on any atom is -0.487 e. The van der Waals surface area contributed by atoms with E-state index >= 15 is 0 Å². The Morgan fingerprint density at radius 1 is 1.44 bits per heavy atom. The van der Waals surface area contributed by atoms with Crippen molar-refractivity contribution in [3.63, 3.8) is 0 Å². The zero-order valence-corrected chi connectivity index (χ0v) is 12.6. The first-order chi connectivity index (χ1) is 8.70. The lowest BCUT2D eigenvalue weighted by Gasteiger charge is -2.14. The van der Waals surface area contributed by atoms with E-state index < -0.39 is 0 Å². The van der Waals surface area contributed by atoms with Crippen LogP contribution in [0.3, 0.4) is 0 Å². The summed E-state index contributed by atoms with van der Waals surface area (Å²) in [5.74, 6) is 0.942. The molecular weight excluding hydrogens is 312 g/mol. The highest BCUT2D eigenvalue weighted by Crippen LogP contribution is 2.29. The molecule has 0 saturated heterocycles. The van der Waals surface area contributed by atoms with Gasteiger partial charge >= 0.3 is 0 Å². The quantitative estimate of drug-likeness (QED) is 0.917. The van der Waals surface area contributed by atoms with Crippen molar-refractivity contribution >= 4 is 27.3 Å². The molecule has 0 aliphatic rings. The number of benzene rings is 1. The van der Waals surface area contributed by atoms with Crippen LogP contribution in [-0.4, -0.2) is 11.5 Å². The van der Waals surface area contributed by atoms with Gasteiger partial charge in [0.05, 0.1) is 10.4 Å². The van der Waals surface area contributed by atoms with Crippen molar-refractivity contribution in [2.45, 2.75) is 20.0 Å². The number of aromatic nitrogens is 1. The van der Waals surface area contributed by atoms with Crippen molar-refractivity contribution in [2.75, 3.05) is 6.54 Å². The molecule has 0 aliphatic carbocycles. The second-order valence-electron chi connectivity index (χ2n) is 4.01. The van der Waals surface area contributed by atoms with Gasteiger partial charge in [-0.25, -0.2) is 0 Å². The van der Waals surface area contributed by atoms with Crippen LogP contribution in [0.15, 0.2) is 28.3 Å². The molecule has 0 saturated carbocycles. The summed E-state index contributed by atoms with van der Waals surface area (Å²) < 4.78 is 6.98. The molecule has 5 heteroatoms. The van der Waals surface area contributed by atoms with Crippen LogP contribution in [0.4, 0.5) is 0 Å². The van der Waals surface area contributed by atoms with E-state index in [1.165, 1.54) is 0 Å². The maximum absolute atomic E-state index is 5.91. The van der Waals surface area contributed by atoms with Gasteiger partial charge < -0.3 is 10.5 Å². The Kier molecular flexibility index (Phi) is 4.74. The molecule has 96 valence electrons. The predicted molar refractivity (Wildman–Crippen MR) is 78.1 cm³/mol. The number of hydrogen-bond donors (Lipinski definition) is 1. The topological polar surface area (TPSA) is 48.1 Å². The molecule has 0 atom stereocenters. The summed E-state index contributed by atoms with van der Waals surface area (Å²) in [7, 11) is 0. The molecule has 0 spiro atoms. The molecule has 0 radical (unpaired) electrons. The second kappa shape index (κ2) is 6.31. The minimum absolute atomic E-state index is 0.560. The Morgan fingerprint density at radius 2 is 2.28 bits per heavy atom. The summed E-state index contributed by atoms with van der Waals surface area (Å²) in [5.41, 5.74) is 9.72. The summed E-state index contributed by atoms with van der Waals surface area (Å²) in [6.07, 6.45) is 2.65. The molecule has 0 bridgehead atoms. The Morgan fingerprint density at radius 3 is 2.94 bits per heavy atom. The van der Waals surface area contributed by atoms with Gasteiger partial charge in [-0.15, -0.1) is 11.3 Å². The summed E-state index contributed by atoms with van der Waals surface area (Å²) in [5, 5.41) is 0. The number of rotatable bonds is 5. The largest absolute Gasteiger partial charge is 0.487 e. The Bertz CT molecular complexity index is 514. The van der Waals surface area contributed by atoms with E-state index in [1.54, 1.807) is 11.3 Å². The molecule has 2 rings (SSSR count). The third kappa shape index (κ3) is 3.31. The normalized spacial score (nSPS) is 10.6. The predicted octanol–water partition coefficient (Wildman–Crippen LogP) is 3.29. The molecule has 0 aliphatic heterocycles. The lowest BCUT2D eigenvalue weighted by Crippen LogP contribution is -2.06. The number of hydrogen-bond acceptors (Lipinski definition) is 4. The van der Waals surface area contributed by atoms with Gasteiger partial charge in [0, 0.05) is 10.7 Å². The van der Waals surface area contributed by atoms with Crippen molar-refractivity contribution < 1.29 is 4.74 Å². The lowest BCUT2D eigenvalue weighted by atomic mass is 10.1. The SMILES string of the molecule is Cc1cc(Br)cc(CCN)c1OCc1cncs1. The summed E-state index contributed by atoms with van der Waals surface area (Å²) in [6, 6.07) is 4.13. The van der Waals surface area contributed by atoms with Crippen molar-refractivity contribution in [1.29, 1.82) is 0 Å². The van der Waals surface area contributed by atoms with Crippen molar-refractivity contribution in [2.24, 2.45) is 5.73 Å². The van der Waals surface area contributed by atoms with E-state index in [4.69, 9.17) is 10.5 Å². The van der Waals surface area contributed by atoms with Crippen molar-refractivity contribution in [3.8, 4) is 5.75 Å². The van der Waals surface area contributed by atoms with Crippen LogP contribution in [0.2, 0.25) is 0 Å². The van der Waals surface area contributed by atoms with Gasteiger partial charge in [0.25, 0.3) is 0 Å². The first-order valence-electron chi connectivity index (χ1n) is 5.70. The van der Waals surface area contributed by atoms with E-state index in [1.807, 2.05) is 18.6 Å². The van der Waals surface area contributed by atoms with Crippen LogP contribution in [0.5, 0.6) is 5.75 Å². The standard InChI is InChI=1S/C13H15BrN2OS/c1-9-4-11(14)5-10(2-3-15)13(9)17-7-12-6-16-8-18-12/h4-6,8H,2-3,7,15H2,1H3. The Labute approximate surface area is 119 Å². The van der Waals surface area contributed by atoms with E-state index in [0.29, 0.717) is 13.2 Å². The van der Waals surface area contributed by atoms with Gasteiger partial charge in [-0.05, 0) is 43.1 Å². The number of nitrogens with two attached hydrogens (primary N) is 1. The first kappa shape index (κ1) is 13.5. The highest BCUT2D eigenvalue weighted by Gasteiger charge is 2.09. The van der Waals surface area contributed by atoms with Crippen LogP contribution in [0.25, 0.3) is 0 Å². The van der Waals surface area contributed by atoms with Crippen molar-refractivity contribution in [3.05, 3.63) is 44.3 Å². The fraction of sp³-hybridized carbons (Fsp3) is 0.308. The summed E-state index contributed by atoms with van der Waals surface area (Å²) >= 11 is 5.10. The van der Waals surface area contributed by atoms with Crippen LogP contribution < -0.4 is 10.5 Å². The number of aryl methyl sites for hydroxylation is 1. The molecular formula is C13H15BrN2OS. The summed E-state index contributed by atoms with van der Waals surface area (Å²) in [4.78, 5) is 5.16. The molecule has 2 aromatic rings. The van der Waals surface area contributed by atoms with E-state index in [0.717, 1.165) is 32.6 Å². The molecule has 2 N–H and O–H groups in total. The lowest BCUT2D eigenvalue weighted by molar-refractivity contribution is 0.304. The van der Waals surface area contributed by atoms with Gasteiger partial charge in [-0.3, -0.25) is 4.98 Å². The first-order valence-corrected chi connectivity index (χ1v) is 7.37. The third-order valence-corrected chi connectivity index (χ3v) is 3.78. The van der Waals surface area contributed by atoms with Crippen LogP contribution >= 0.6 is 27.3 Å². The Hall–Kier alpha value is -0.910. The molecule has 18 heavy (non-hydrogen) atoms. The average Bonchev–Trinajstić information content (AvgIpc) is 2.81. The van der Waals surface area contributed by atoms with E-state index in [9.17, 15) is 0 Å². The molecule has 0 amide bonds. The van der Waals surface area contributed by atoms with Crippen LogP contribution in [-0.2, 0) is 13.0 Å². The second-order valence-corrected chi connectivity index (χ2v) is 5.89. The fourth-order valence-corrected chi connectivity index (χ4v) is 2.93. The third-order valence-electron chi connectivity index (χ3n) is 2.57. The van der Waals surface area contributed by atoms with E-state index in [2.05, 4.69) is 33.0 Å². The highest BCUT2D eigenvalue weighted by atomic mass is 79.9. The maximum Gasteiger partial charge on any atom is 0.126 e. The number of thiazole rings is 1. The number of ether oxygens (including phenoxy) is 1.